The summed E-state index contributed by atoms with van der Waals surface area (Å²) in [7, 11) is -2.03. The van der Waals surface area contributed by atoms with E-state index >= 15 is 0 Å². The van der Waals surface area contributed by atoms with Crippen LogP contribution in [0.3, 0.4) is 0 Å². The fraction of sp³-hybridized carbons (Fsp3) is 0.375. The quantitative estimate of drug-likeness (QED) is 0.683. The second kappa shape index (κ2) is 5.99. The van der Waals surface area contributed by atoms with Gasteiger partial charge in [-0.2, -0.15) is 9.40 Å². The van der Waals surface area contributed by atoms with Crippen molar-refractivity contribution in [2.75, 3.05) is 6.54 Å². The van der Waals surface area contributed by atoms with E-state index in [1.807, 2.05) is 29.7 Å². The van der Waals surface area contributed by atoms with Crippen LogP contribution in [-0.2, 0) is 23.6 Å². The first-order chi connectivity index (χ1) is 12.4. The first kappa shape index (κ1) is 16.9. The van der Waals surface area contributed by atoms with E-state index in [2.05, 4.69) is 20.3 Å². The average Bonchev–Trinajstić information content (AvgIpc) is 3.19. The van der Waals surface area contributed by atoms with E-state index in [1.54, 1.807) is 26.2 Å². The van der Waals surface area contributed by atoms with E-state index in [9.17, 15) is 8.42 Å². The third-order valence-corrected chi connectivity index (χ3v) is 6.32. The first-order valence-corrected chi connectivity index (χ1v) is 9.68. The van der Waals surface area contributed by atoms with Gasteiger partial charge >= 0.3 is 0 Å². The molecule has 136 valence electrons. The highest BCUT2D eigenvalue weighted by Gasteiger charge is 2.36. The van der Waals surface area contributed by atoms with Gasteiger partial charge in [0.15, 0.2) is 10.9 Å². The molecule has 0 aromatic carbocycles. The van der Waals surface area contributed by atoms with Crippen LogP contribution in [0.2, 0.25) is 0 Å². The van der Waals surface area contributed by atoms with Crippen molar-refractivity contribution in [1.82, 2.24) is 33.8 Å². The molecule has 1 aliphatic rings. The predicted molar refractivity (Wildman–Crippen MR) is 93.5 cm³/mol. The lowest BCUT2D eigenvalue weighted by Gasteiger charge is -2.31. The van der Waals surface area contributed by atoms with Gasteiger partial charge in [-0.15, -0.1) is 10.2 Å². The van der Waals surface area contributed by atoms with Crippen molar-refractivity contribution in [3.63, 3.8) is 0 Å². The number of pyridine rings is 1. The Bertz CT molecular complexity index is 1060. The van der Waals surface area contributed by atoms with Crippen LogP contribution < -0.4 is 0 Å². The van der Waals surface area contributed by atoms with Gasteiger partial charge in [0.2, 0.25) is 0 Å². The second-order valence-electron chi connectivity index (χ2n) is 6.42. The molecule has 0 bridgehead atoms. The molecule has 0 aliphatic carbocycles. The van der Waals surface area contributed by atoms with Crippen molar-refractivity contribution < 1.29 is 8.42 Å². The molecule has 0 fully saturated rings. The number of hydrogen-bond acceptors (Lipinski definition) is 6. The summed E-state index contributed by atoms with van der Waals surface area (Å²) in [4.78, 5) is 4.33. The fourth-order valence-electron chi connectivity index (χ4n) is 3.31. The van der Waals surface area contributed by atoms with Gasteiger partial charge in [-0.05, 0) is 32.0 Å². The van der Waals surface area contributed by atoms with Crippen LogP contribution in [0, 0.1) is 6.92 Å². The SMILES string of the molecule is Cc1cc(S(=O)(=O)N2Cc3nnc(-c4ccccn4)n3[C@@H](C)C2)n(C)n1. The van der Waals surface area contributed by atoms with Gasteiger partial charge in [0.25, 0.3) is 10.0 Å². The summed E-state index contributed by atoms with van der Waals surface area (Å²) in [5, 5.41) is 12.8. The molecular formula is C16H19N7O2S. The van der Waals surface area contributed by atoms with E-state index in [0.717, 1.165) is 5.69 Å². The summed E-state index contributed by atoms with van der Waals surface area (Å²) in [6.07, 6.45) is 1.70. The second-order valence-corrected chi connectivity index (χ2v) is 8.30. The largest absolute Gasteiger partial charge is 0.304 e. The molecular weight excluding hydrogens is 354 g/mol. The lowest BCUT2D eigenvalue weighted by Crippen LogP contribution is -2.41. The molecule has 0 saturated heterocycles. The number of hydrogen-bond donors (Lipinski definition) is 0. The van der Waals surface area contributed by atoms with Gasteiger partial charge in [0.1, 0.15) is 11.5 Å². The highest BCUT2D eigenvalue weighted by Crippen LogP contribution is 2.29. The molecule has 1 atom stereocenters. The van der Waals surface area contributed by atoms with Crippen molar-refractivity contribution in [3.8, 4) is 11.5 Å². The van der Waals surface area contributed by atoms with Gasteiger partial charge < -0.3 is 4.57 Å². The minimum absolute atomic E-state index is 0.116. The zero-order chi connectivity index (χ0) is 18.5. The molecule has 9 nitrogen and oxygen atoms in total. The van der Waals surface area contributed by atoms with Crippen LogP contribution >= 0.6 is 0 Å². The molecule has 1 aliphatic heterocycles. The Balaban J connectivity index is 1.72. The van der Waals surface area contributed by atoms with Crippen LogP contribution in [0.1, 0.15) is 24.5 Å². The van der Waals surface area contributed by atoms with Crippen molar-refractivity contribution >= 4 is 10.0 Å². The lowest BCUT2D eigenvalue weighted by molar-refractivity contribution is 0.291. The van der Waals surface area contributed by atoms with Crippen molar-refractivity contribution in [2.45, 2.75) is 31.5 Å². The zero-order valence-corrected chi connectivity index (χ0v) is 15.6. The number of sulfonamides is 1. The normalized spacial score (nSPS) is 18.0. The Morgan fingerprint density at radius 1 is 1.23 bits per heavy atom. The van der Waals surface area contributed by atoms with Crippen molar-refractivity contribution in [3.05, 3.63) is 42.0 Å². The Kier molecular flexibility index (Phi) is 3.88. The summed E-state index contributed by atoms with van der Waals surface area (Å²) < 4.78 is 30.9. The van der Waals surface area contributed by atoms with Gasteiger partial charge in [-0.3, -0.25) is 9.67 Å². The van der Waals surface area contributed by atoms with E-state index in [-0.39, 0.29) is 17.6 Å². The molecule has 0 N–H and O–H groups in total. The Morgan fingerprint density at radius 2 is 2.04 bits per heavy atom. The van der Waals surface area contributed by atoms with Crippen LogP contribution in [0.25, 0.3) is 11.5 Å². The van der Waals surface area contributed by atoms with Crippen molar-refractivity contribution in [2.24, 2.45) is 7.05 Å². The Morgan fingerprint density at radius 3 is 2.69 bits per heavy atom. The van der Waals surface area contributed by atoms with Gasteiger partial charge in [0.05, 0.1) is 12.2 Å². The standard InChI is InChI=1S/C16H19N7O2S/c1-11-8-15(21(3)20-11)26(24,25)22-9-12(2)23-14(10-22)18-19-16(23)13-6-4-5-7-17-13/h4-8,12H,9-10H2,1-3H3/t12-/m0/s1. The molecule has 4 rings (SSSR count). The average molecular weight is 373 g/mol. The molecule has 26 heavy (non-hydrogen) atoms. The predicted octanol–water partition coefficient (Wildman–Crippen LogP) is 1.15. The summed E-state index contributed by atoms with van der Waals surface area (Å²) in [5.41, 5.74) is 1.38. The smallest absolute Gasteiger partial charge is 0.260 e. The molecule has 0 radical (unpaired) electrons. The van der Waals surface area contributed by atoms with E-state index in [4.69, 9.17) is 0 Å². The third-order valence-electron chi connectivity index (χ3n) is 4.45. The Labute approximate surface area is 151 Å². The summed E-state index contributed by atoms with van der Waals surface area (Å²) in [6.45, 7) is 4.22. The van der Waals surface area contributed by atoms with Crippen LogP contribution in [0.4, 0.5) is 0 Å². The van der Waals surface area contributed by atoms with Crippen LogP contribution in [0.15, 0.2) is 35.5 Å². The molecule has 4 heterocycles. The number of rotatable bonds is 3. The van der Waals surface area contributed by atoms with Crippen LogP contribution in [-0.4, -0.2) is 48.8 Å². The highest BCUT2D eigenvalue weighted by atomic mass is 32.2. The molecule has 3 aromatic rings. The van der Waals surface area contributed by atoms with E-state index < -0.39 is 10.0 Å². The molecule has 10 heteroatoms. The minimum atomic E-state index is -3.67. The minimum Gasteiger partial charge on any atom is -0.304 e. The van der Waals surface area contributed by atoms with Gasteiger partial charge in [-0.1, -0.05) is 6.07 Å². The molecule has 0 amide bonds. The number of nitrogens with zero attached hydrogens (tertiary/aromatic N) is 7. The number of aryl methyl sites for hydroxylation is 2. The maximum absolute atomic E-state index is 13.0. The number of fused-ring (bicyclic) bond motifs is 1. The highest BCUT2D eigenvalue weighted by molar-refractivity contribution is 7.89. The maximum atomic E-state index is 13.0. The van der Waals surface area contributed by atoms with E-state index in [0.29, 0.717) is 23.9 Å². The van der Waals surface area contributed by atoms with Crippen molar-refractivity contribution in [1.29, 1.82) is 0 Å². The van der Waals surface area contributed by atoms with Gasteiger partial charge in [0, 0.05) is 25.8 Å². The van der Waals surface area contributed by atoms with Gasteiger partial charge in [-0.25, -0.2) is 8.42 Å². The molecule has 0 saturated carbocycles. The molecule has 0 spiro atoms. The number of aromatic nitrogens is 6. The lowest BCUT2D eigenvalue weighted by atomic mass is 10.2. The molecule has 0 unspecified atom stereocenters. The molecule has 3 aromatic heterocycles. The van der Waals surface area contributed by atoms with Crippen LogP contribution in [0.5, 0.6) is 0 Å². The maximum Gasteiger partial charge on any atom is 0.260 e. The first-order valence-electron chi connectivity index (χ1n) is 8.24. The summed E-state index contributed by atoms with van der Waals surface area (Å²) in [5.74, 6) is 1.26. The summed E-state index contributed by atoms with van der Waals surface area (Å²) >= 11 is 0. The Hall–Kier alpha value is -2.59. The topological polar surface area (TPSA) is 98.8 Å². The summed E-state index contributed by atoms with van der Waals surface area (Å²) in [6, 6.07) is 7.06. The third kappa shape index (κ3) is 2.61. The monoisotopic (exact) mass is 373 g/mol. The zero-order valence-electron chi connectivity index (χ0n) is 14.7. The fourth-order valence-corrected chi connectivity index (χ4v) is 4.96. The van der Waals surface area contributed by atoms with E-state index in [1.165, 1.54) is 8.99 Å².